The molecule has 0 spiro atoms. The lowest BCUT2D eigenvalue weighted by atomic mass is 10.1. The fourth-order valence-electron chi connectivity index (χ4n) is 2.30. The van der Waals surface area contributed by atoms with Crippen molar-refractivity contribution in [3.8, 4) is 6.07 Å². The SMILES string of the molecule is N#CCSc1ccccc1C(=O)N1CCC[C@H]1C(=O)O. The van der Waals surface area contributed by atoms with E-state index < -0.39 is 12.0 Å². The van der Waals surface area contributed by atoms with Crippen molar-refractivity contribution in [1.82, 2.24) is 4.90 Å². The zero-order valence-electron chi connectivity index (χ0n) is 10.8. The van der Waals surface area contributed by atoms with Crippen molar-refractivity contribution in [3.05, 3.63) is 29.8 Å². The summed E-state index contributed by atoms with van der Waals surface area (Å²) in [6, 6.07) is 8.29. The van der Waals surface area contributed by atoms with Crippen LogP contribution >= 0.6 is 11.8 Å². The van der Waals surface area contributed by atoms with Crippen LogP contribution in [0, 0.1) is 11.3 Å². The van der Waals surface area contributed by atoms with E-state index in [0.717, 1.165) is 4.90 Å². The number of rotatable bonds is 4. The molecule has 0 aromatic heterocycles. The van der Waals surface area contributed by atoms with Crippen LogP contribution in [0.25, 0.3) is 0 Å². The number of benzene rings is 1. The van der Waals surface area contributed by atoms with Crippen molar-refractivity contribution in [1.29, 1.82) is 5.26 Å². The van der Waals surface area contributed by atoms with Gasteiger partial charge in [-0.25, -0.2) is 4.79 Å². The molecule has 0 bridgehead atoms. The zero-order chi connectivity index (χ0) is 14.5. The molecule has 0 radical (unpaired) electrons. The topological polar surface area (TPSA) is 81.4 Å². The number of hydrogen-bond donors (Lipinski definition) is 1. The predicted octanol–water partition coefficient (Wildman–Crippen LogP) is 1.99. The Kier molecular flexibility index (Phi) is 4.64. The van der Waals surface area contributed by atoms with Gasteiger partial charge < -0.3 is 10.0 Å². The van der Waals surface area contributed by atoms with Crippen LogP contribution in [-0.4, -0.2) is 40.2 Å². The van der Waals surface area contributed by atoms with Crippen molar-refractivity contribution in [3.63, 3.8) is 0 Å². The highest BCUT2D eigenvalue weighted by atomic mass is 32.2. The number of nitrogens with zero attached hydrogens (tertiary/aromatic N) is 2. The summed E-state index contributed by atoms with van der Waals surface area (Å²) in [7, 11) is 0. The standard InChI is InChI=1S/C14H14N2O3S/c15-7-9-20-12-6-2-1-4-10(12)13(17)16-8-3-5-11(16)14(18)19/h1-2,4,6,11H,3,5,8-9H2,(H,18,19)/t11-/m0/s1. The first-order valence-corrected chi connectivity index (χ1v) is 7.26. The van der Waals surface area contributed by atoms with Crippen LogP contribution in [0.3, 0.4) is 0 Å². The van der Waals surface area contributed by atoms with Crippen LogP contribution in [0.1, 0.15) is 23.2 Å². The van der Waals surface area contributed by atoms with Crippen molar-refractivity contribution in [2.24, 2.45) is 0 Å². The summed E-state index contributed by atoms with van der Waals surface area (Å²) < 4.78 is 0. The third kappa shape index (κ3) is 2.94. The Morgan fingerprint density at radius 1 is 1.45 bits per heavy atom. The molecule has 1 N–H and O–H groups in total. The Balaban J connectivity index is 2.25. The number of carboxylic acid groups (broad SMARTS) is 1. The average Bonchev–Trinajstić information content (AvgIpc) is 2.94. The molecule has 0 unspecified atom stereocenters. The Bertz CT molecular complexity index is 568. The van der Waals surface area contributed by atoms with Gasteiger partial charge in [-0.05, 0) is 25.0 Å². The highest BCUT2D eigenvalue weighted by molar-refractivity contribution is 7.99. The van der Waals surface area contributed by atoms with Crippen molar-refractivity contribution in [2.45, 2.75) is 23.8 Å². The quantitative estimate of drug-likeness (QED) is 0.858. The fraction of sp³-hybridized carbons (Fsp3) is 0.357. The lowest BCUT2D eigenvalue weighted by Crippen LogP contribution is -2.40. The van der Waals surface area contributed by atoms with E-state index in [9.17, 15) is 9.59 Å². The Hall–Kier alpha value is -2.00. The van der Waals surface area contributed by atoms with Crippen molar-refractivity contribution >= 4 is 23.6 Å². The molecule has 1 saturated heterocycles. The maximum absolute atomic E-state index is 12.5. The molecule has 1 atom stereocenters. The summed E-state index contributed by atoms with van der Waals surface area (Å²) in [5.74, 6) is -0.971. The molecule has 1 amide bonds. The number of likely N-dealkylation sites (tertiary alicyclic amines) is 1. The lowest BCUT2D eigenvalue weighted by molar-refractivity contribution is -0.141. The number of hydrogen-bond acceptors (Lipinski definition) is 4. The van der Waals surface area contributed by atoms with Gasteiger partial charge in [0, 0.05) is 11.4 Å². The van der Waals surface area contributed by atoms with Crippen molar-refractivity contribution in [2.75, 3.05) is 12.3 Å². The zero-order valence-corrected chi connectivity index (χ0v) is 11.6. The minimum Gasteiger partial charge on any atom is -0.480 e. The molecule has 1 aliphatic rings. The van der Waals surface area contributed by atoms with Crippen LogP contribution in [0.4, 0.5) is 0 Å². The first kappa shape index (κ1) is 14.4. The average molecular weight is 290 g/mol. The Labute approximate surface area is 121 Å². The van der Waals surface area contributed by atoms with E-state index in [-0.39, 0.29) is 11.7 Å². The summed E-state index contributed by atoms with van der Waals surface area (Å²) >= 11 is 1.29. The molecule has 5 nitrogen and oxygen atoms in total. The normalized spacial score (nSPS) is 17.8. The highest BCUT2D eigenvalue weighted by Gasteiger charge is 2.35. The Morgan fingerprint density at radius 2 is 2.20 bits per heavy atom. The van der Waals surface area contributed by atoms with Gasteiger partial charge in [0.1, 0.15) is 6.04 Å². The molecule has 0 aliphatic carbocycles. The Morgan fingerprint density at radius 3 is 2.90 bits per heavy atom. The second-order valence-corrected chi connectivity index (χ2v) is 5.45. The first-order chi connectivity index (χ1) is 9.65. The maximum atomic E-state index is 12.5. The van der Waals surface area contributed by atoms with Gasteiger partial charge in [-0.3, -0.25) is 4.79 Å². The van der Waals surface area contributed by atoms with E-state index in [1.165, 1.54) is 16.7 Å². The first-order valence-electron chi connectivity index (χ1n) is 6.27. The van der Waals surface area contributed by atoms with Crippen molar-refractivity contribution < 1.29 is 14.7 Å². The van der Waals surface area contributed by atoms with Gasteiger partial charge >= 0.3 is 5.97 Å². The number of carbonyl (C=O) groups excluding carboxylic acids is 1. The molecule has 104 valence electrons. The van der Waals surface area contributed by atoms with Gasteiger partial charge in [-0.1, -0.05) is 12.1 Å². The molecule has 20 heavy (non-hydrogen) atoms. The largest absolute Gasteiger partial charge is 0.480 e. The number of aliphatic carboxylic acids is 1. The molecular formula is C14H14N2O3S. The van der Waals surface area contributed by atoms with E-state index in [0.29, 0.717) is 24.9 Å². The number of carbonyl (C=O) groups is 2. The molecular weight excluding hydrogens is 276 g/mol. The van der Waals surface area contributed by atoms with E-state index in [4.69, 9.17) is 10.4 Å². The summed E-state index contributed by atoms with van der Waals surface area (Å²) in [4.78, 5) is 25.8. The van der Waals surface area contributed by atoms with Crippen LogP contribution < -0.4 is 0 Å². The third-order valence-electron chi connectivity index (χ3n) is 3.21. The summed E-state index contributed by atoms with van der Waals surface area (Å²) in [5.41, 5.74) is 0.473. The second-order valence-electron chi connectivity index (χ2n) is 4.44. The molecule has 0 saturated carbocycles. The van der Waals surface area contributed by atoms with E-state index in [1.807, 2.05) is 6.07 Å². The molecule has 2 rings (SSSR count). The monoisotopic (exact) mass is 290 g/mol. The van der Waals surface area contributed by atoms with Crippen LogP contribution in [0.2, 0.25) is 0 Å². The summed E-state index contributed by atoms with van der Waals surface area (Å²) in [6.45, 7) is 0.465. The fourth-order valence-corrected chi connectivity index (χ4v) is 3.01. The van der Waals surface area contributed by atoms with Gasteiger partial charge in [0.05, 0.1) is 17.4 Å². The molecule has 1 aliphatic heterocycles. The maximum Gasteiger partial charge on any atom is 0.326 e. The minimum absolute atomic E-state index is 0.257. The van der Waals surface area contributed by atoms with Crippen LogP contribution in [0.5, 0.6) is 0 Å². The van der Waals surface area contributed by atoms with Crippen LogP contribution in [0.15, 0.2) is 29.2 Å². The minimum atomic E-state index is -0.960. The van der Waals surface area contributed by atoms with Gasteiger partial charge in [0.2, 0.25) is 0 Å². The molecule has 1 fully saturated rings. The van der Waals surface area contributed by atoms with Gasteiger partial charge in [-0.2, -0.15) is 5.26 Å². The smallest absolute Gasteiger partial charge is 0.326 e. The third-order valence-corrected chi connectivity index (χ3v) is 4.15. The lowest BCUT2D eigenvalue weighted by Gasteiger charge is -2.22. The van der Waals surface area contributed by atoms with E-state index >= 15 is 0 Å². The van der Waals surface area contributed by atoms with Gasteiger partial charge in [0.15, 0.2) is 0 Å². The predicted molar refractivity (Wildman–Crippen MR) is 74.5 cm³/mol. The molecule has 1 aromatic rings. The second kappa shape index (κ2) is 6.44. The number of nitriles is 1. The summed E-state index contributed by atoms with van der Waals surface area (Å²) in [6.07, 6.45) is 1.20. The van der Waals surface area contributed by atoms with E-state index in [2.05, 4.69) is 0 Å². The molecule has 1 heterocycles. The van der Waals surface area contributed by atoms with Gasteiger partial charge in [0.25, 0.3) is 5.91 Å². The number of thioether (sulfide) groups is 1. The number of amides is 1. The number of carboxylic acids is 1. The van der Waals surface area contributed by atoms with Gasteiger partial charge in [-0.15, -0.1) is 11.8 Å². The van der Waals surface area contributed by atoms with E-state index in [1.54, 1.807) is 24.3 Å². The molecule has 6 heteroatoms. The van der Waals surface area contributed by atoms with Crippen LogP contribution in [-0.2, 0) is 4.79 Å². The summed E-state index contributed by atoms with van der Waals surface area (Å²) in [5, 5.41) is 17.8. The molecule has 1 aromatic carbocycles. The highest BCUT2D eigenvalue weighted by Crippen LogP contribution is 2.26.